The molecular formula is C19H20F2N2O3. The lowest BCUT2D eigenvalue weighted by Crippen LogP contribution is -2.46. The summed E-state index contributed by atoms with van der Waals surface area (Å²) in [5, 5.41) is 2.95. The lowest BCUT2D eigenvalue weighted by atomic mass is 10.0. The highest BCUT2D eigenvalue weighted by Gasteiger charge is 2.25. The molecule has 0 aliphatic carbocycles. The minimum atomic E-state index is -0.905. The van der Waals surface area contributed by atoms with E-state index in [4.69, 9.17) is 4.42 Å². The second-order valence-corrected chi connectivity index (χ2v) is 6.39. The molecule has 5 nitrogen and oxygen atoms in total. The van der Waals surface area contributed by atoms with Crippen LogP contribution in [-0.4, -0.2) is 35.8 Å². The van der Waals surface area contributed by atoms with E-state index in [1.54, 1.807) is 11.0 Å². The van der Waals surface area contributed by atoms with Crippen molar-refractivity contribution in [2.75, 3.05) is 13.1 Å². The van der Waals surface area contributed by atoms with Crippen LogP contribution in [0.5, 0.6) is 0 Å². The van der Waals surface area contributed by atoms with Gasteiger partial charge >= 0.3 is 0 Å². The van der Waals surface area contributed by atoms with Gasteiger partial charge < -0.3 is 14.6 Å². The van der Waals surface area contributed by atoms with Crippen molar-refractivity contribution >= 4 is 11.8 Å². The maximum Gasteiger partial charge on any atom is 0.257 e. The number of likely N-dealkylation sites (tertiary alicyclic amines) is 1. The maximum atomic E-state index is 13.2. The minimum Gasteiger partial charge on any atom is -0.472 e. The van der Waals surface area contributed by atoms with E-state index in [0.717, 1.165) is 12.1 Å². The van der Waals surface area contributed by atoms with Gasteiger partial charge in [-0.05, 0) is 43.0 Å². The number of aryl methyl sites for hydroxylation is 1. The maximum absolute atomic E-state index is 13.2. The summed E-state index contributed by atoms with van der Waals surface area (Å²) >= 11 is 0. The van der Waals surface area contributed by atoms with E-state index in [1.165, 1.54) is 18.6 Å². The van der Waals surface area contributed by atoms with Crippen LogP contribution in [0.1, 0.15) is 35.2 Å². The Hall–Kier alpha value is -2.70. The molecule has 1 fully saturated rings. The van der Waals surface area contributed by atoms with Gasteiger partial charge in [0.05, 0.1) is 11.8 Å². The molecule has 1 N–H and O–H groups in total. The van der Waals surface area contributed by atoms with E-state index in [0.29, 0.717) is 43.5 Å². The lowest BCUT2D eigenvalue weighted by molar-refractivity contribution is -0.122. The second-order valence-electron chi connectivity index (χ2n) is 6.39. The molecule has 0 bridgehead atoms. The summed E-state index contributed by atoms with van der Waals surface area (Å²) in [7, 11) is 0. The molecule has 2 amide bonds. The van der Waals surface area contributed by atoms with Crippen molar-refractivity contribution < 1.29 is 22.8 Å². The summed E-state index contributed by atoms with van der Waals surface area (Å²) in [6, 6.07) is 5.30. The Morgan fingerprint density at radius 3 is 2.58 bits per heavy atom. The number of halogens is 2. The Balaban J connectivity index is 1.42. The number of carbonyl (C=O) groups excluding carboxylic acids is 2. The van der Waals surface area contributed by atoms with Crippen molar-refractivity contribution in [2.24, 2.45) is 0 Å². The van der Waals surface area contributed by atoms with Crippen LogP contribution < -0.4 is 5.32 Å². The number of nitrogens with zero attached hydrogens (tertiary/aromatic N) is 1. The first kappa shape index (κ1) is 18.1. The number of furan rings is 1. The summed E-state index contributed by atoms with van der Waals surface area (Å²) in [4.78, 5) is 26.0. The van der Waals surface area contributed by atoms with Crippen LogP contribution in [0.15, 0.2) is 41.2 Å². The zero-order chi connectivity index (χ0) is 18.5. The second kappa shape index (κ2) is 8.12. The number of rotatable bonds is 5. The first-order chi connectivity index (χ1) is 12.5. The number of hydrogen-bond acceptors (Lipinski definition) is 3. The fourth-order valence-corrected chi connectivity index (χ4v) is 3.05. The molecule has 0 radical (unpaired) electrons. The molecule has 3 rings (SSSR count). The molecule has 2 heterocycles. The molecule has 0 spiro atoms. The summed E-state index contributed by atoms with van der Waals surface area (Å²) in [6.45, 7) is 1.14. The third-order valence-electron chi connectivity index (χ3n) is 4.54. The smallest absolute Gasteiger partial charge is 0.257 e. The SMILES string of the molecule is O=C(CCc1ccc(F)c(F)c1)NC1CCN(C(=O)c2ccoc2)CC1. The number of benzene rings is 1. The first-order valence-electron chi connectivity index (χ1n) is 8.57. The third kappa shape index (κ3) is 4.47. The fourth-order valence-electron chi connectivity index (χ4n) is 3.05. The molecule has 7 heteroatoms. The van der Waals surface area contributed by atoms with E-state index < -0.39 is 11.6 Å². The van der Waals surface area contributed by atoms with Gasteiger partial charge in [-0.25, -0.2) is 8.78 Å². The van der Waals surface area contributed by atoms with Crippen LogP contribution in [0.3, 0.4) is 0 Å². The molecular weight excluding hydrogens is 342 g/mol. The van der Waals surface area contributed by atoms with Crippen molar-refractivity contribution in [2.45, 2.75) is 31.7 Å². The van der Waals surface area contributed by atoms with Crippen LogP contribution in [0.2, 0.25) is 0 Å². The Labute approximate surface area is 150 Å². The Kier molecular flexibility index (Phi) is 5.65. The van der Waals surface area contributed by atoms with Gasteiger partial charge in [0.15, 0.2) is 11.6 Å². The van der Waals surface area contributed by atoms with Crippen molar-refractivity contribution in [1.29, 1.82) is 0 Å². The van der Waals surface area contributed by atoms with E-state index in [2.05, 4.69) is 5.32 Å². The quantitative estimate of drug-likeness (QED) is 0.890. The van der Waals surface area contributed by atoms with Crippen LogP contribution in [0, 0.1) is 11.6 Å². The number of amides is 2. The summed E-state index contributed by atoms with van der Waals surface area (Å²) < 4.78 is 31.0. The number of carbonyl (C=O) groups is 2. The van der Waals surface area contributed by atoms with Gasteiger partial charge in [0.25, 0.3) is 5.91 Å². The first-order valence-corrected chi connectivity index (χ1v) is 8.57. The average molecular weight is 362 g/mol. The predicted molar refractivity (Wildman–Crippen MR) is 90.5 cm³/mol. The van der Waals surface area contributed by atoms with Crippen molar-refractivity contribution in [3.05, 3.63) is 59.6 Å². The Morgan fingerprint density at radius 1 is 1.15 bits per heavy atom. The van der Waals surface area contributed by atoms with Crippen LogP contribution >= 0.6 is 0 Å². The van der Waals surface area contributed by atoms with Crippen LogP contribution in [0.4, 0.5) is 8.78 Å². The molecule has 1 aliphatic heterocycles. The van der Waals surface area contributed by atoms with Crippen molar-refractivity contribution in [3.63, 3.8) is 0 Å². The zero-order valence-electron chi connectivity index (χ0n) is 14.2. The molecule has 1 aromatic carbocycles. The standard InChI is InChI=1S/C19H20F2N2O3/c20-16-3-1-13(11-17(16)21)2-4-18(24)22-15-5-8-23(9-6-15)19(25)14-7-10-26-12-14/h1,3,7,10-12,15H,2,4-6,8-9H2,(H,22,24). The molecule has 0 atom stereocenters. The number of piperidine rings is 1. The lowest BCUT2D eigenvalue weighted by Gasteiger charge is -2.32. The van der Waals surface area contributed by atoms with Crippen LogP contribution in [0.25, 0.3) is 0 Å². The van der Waals surface area contributed by atoms with Gasteiger partial charge in [-0.1, -0.05) is 6.07 Å². The van der Waals surface area contributed by atoms with E-state index in [1.807, 2.05) is 0 Å². The summed E-state index contributed by atoms with van der Waals surface area (Å²) in [6.07, 6.45) is 4.81. The van der Waals surface area contributed by atoms with Gasteiger partial charge in [0.2, 0.25) is 5.91 Å². The highest BCUT2D eigenvalue weighted by molar-refractivity contribution is 5.93. The largest absolute Gasteiger partial charge is 0.472 e. The predicted octanol–water partition coefficient (Wildman–Crippen LogP) is 2.91. The third-order valence-corrected chi connectivity index (χ3v) is 4.54. The molecule has 1 aliphatic rings. The molecule has 0 unspecified atom stereocenters. The molecule has 0 saturated carbocycles. The number of nitrogens with one attached hydrogen (secondary N) is 1. The topological polar surface area (TPSA) is 62.6 Å². The summed E-state index contributed by atoms with van der Waals surface area (Å²) in [5.41, 5.74) is 1.11. The van der Waals surface area contributed by atoms with E-state index in [-0.39, 0.29) is 24.3 Å². The van der Waals surface area contributed by atoms with Gasteiger partial charge in [-0.2, -0.15) is 0 Å². The van der Waals surface area contributed by atoms with Gasteiger partial charge in [-0.15, -0.1) is 0 Å². The summed E-state index contributed by atoms with van der Waals surface area (Å²) in [5.74, 6) is -2.00. The highest BCUT2D eigenvalue weighted by atomic mass is 19.2. The van der Waals surface area contributed by atoms with Crippen LogP contribution in [-0.2, 0) is 11.2 Å². The van der Waals surface area contributed by atoms with Gasteiger partial charge in [0.1, 0.15) is 6.26 Å². The van der Waals surface area contributed by atoms with Crippen molar-refractivity contribution in [3.8, 4) is 0 Å². The molecule has 1 saturated heterocycles. The van der Waals surface area contributed by atoms with Gasteiger partial charge in [-0.3, -0.25) is 9.59 Å². The normalized spacial score (nSPS) is 15.1. The fraction of sp³-hybridized carbons (Fsp3) is 0.368. The zero-order valence-corrected chi connectivity index (χ0v) is 14.2. The van der Waals surface area contributed by atoms with Gasteiger partial charge in [0, 0.05) is 25.6 Å². The molecule has 138 valence electrons. The highest BCUT2D eigenvalue weighted by Crippen LogP contribution is 2.15. The van der Waals surface area contributed by atoms with E-state index in [9.17, 15) is 18.4 Å². The molecule has 1 aromatic heterocycles. The monoisotopic (exact) mass is 362 g/mol. The molecule has 2 aromatic rings. The Morgan fingerprint density at radius 2 is 1.92 bits per heavy atom. The van der Waals surface area contributed by atoms with E-state index >= 15 is 0 Å². The van der Waals surface area contributed by atoms with Crippen molar-refractivity contribution in [1.82, 2.24) is 10.2 Å². The minimum absolute atomic E-state index is 0.0147. The molecule has 26 heavy (non-hydrogen) atoms. The Bertz CT molecular complexity index is 769. The number of hydrogen-bond donors (Lipinski definition) is 1. The average Bonchev–Trinajstić information content (AvgIpc) is 3.17.